The molecule has 2 nitrogen and oxygen atoms in total. The van der Waals surface area contributed by atoms with E-state index in [9.17, 15) is 9.59 Å². The van der Waals surface area contributed by atoms with Crippen molar-refractivity contribution in [2.45, 2.75) is 72.6 Å². The minimum atomic E-state index is 0.0899. The third-order valence-electron chi connectivity index (χ3n) is 3.80. The highest BCUT2D eigenvalue weighted by Crippen LogP contribution is 2.17. The molecule has 0 aromatic heterocycles. The summed E-state index contributed by atoms with van der Waals surface area (Å²) in [6.45, 7) is 8.35. The van der Waals surface area contributed by atoms with Gasteiger partial charge in [-0.15, -0.1) is 0 Å². The summed E-state index contributed by atoms with van der Waals surface area (Å²) < 4.78 is 0. The maximum Gasteiger partial charge on any atom is 0.143 e. The molecule has 0 heterocycles. The second-order valence-electron chi connectivity index (χ2n) is 4.92. The highest BCUT2D eigenvalue weighted by Gasteiger charge is 2.18. The van der Waals surface area contributed by atoms with Crippen molar-refractivity contribution >= 4 is 11.6 Å². The predicted molar refractivity (Wildman–Crippen MR) is 72.0 cm³/mol. The summed E-state index contributed by atoms with van der Waals surface area (Å²) in [5, 5.41) is 0. The van der Waals surface area contributed by atoms with Crippen LogP contribution in [-0.2, 0) is 9.59 Å². The van der Waals surface area contributed by atoms with Crippen LogP contribution in [0.3, 0.4) is 0 Å². The quantitative estimate of drug-likeness (QED) is 0.537. The number of carbonyl (C=O) groups is 2. The Hall–Kier alpha value is -0.660. The summed E-state index contributed by atoms with van der Waals surface area (Å²) in [5.74, 6) is 1.01. The molecule has 0 aliphatic carbocycles. The Morgan fingerprint density at radius 1 is 0.882 bits per heavy atom. The summed E-state index contributed by atoms with van der Waals surface area (Å²) in [6, 6.07) is 0. The van der Waals surface area contributed by atoms with Crippen LogP contribution in [0.15, 0.2) is 0 Å². The number of hydrogen-bond donors (Lipinski definition) is 0. The van der Waals surface area contributed by atoms with Gasteiger partial charge >= 0.3 is 0 Å². The average Bonchev–Trinajstić information content (AvgIpc) is 2.31. The molecule has 0 aromatic rings. The third kappa shape index (κ3) is 6.60. The molecule has 0 aromatic carbocycles. The van der Waals surface area contributed by atoms with Crippen molar-refractivity contribution in [3.8, 4) is 0 Å². The molecule has 0 radical (unpaired) electrons. The van der Waals surface area contributed by atoms with E-state index in [1.165, 1.54) is 0 Å². The van der Waals surface area contributed by atoms with Gasteiger partial charge in [-0.25, -0.2) is 0 Å². The monoisotopic (exact) mass is 240 g/mol. The van der Waals surface area contributed by atoms with Gasteiger partial charge in [0, 0.05) is 12.3 Å². The van der Waals surface area contributed by atoms with E-state index in [-0.39, 0.29) is 23.9 Å². The molecule has 0 atom stereocenters. The zero-order chi connectivity index (χ0) is 13.3. The predicted octanol–water partition coefficient (Wildman–Crippen LogP) is 4.17. The summed E-state index contributed by atoms with van der Waals surface area (Å²) in [6.07, 6.45) is 5.66. The zero-order valence-corrected chi connectivity index (χ0v) is 11.9. The fourth-order valence-corrected chi connectivity index (χ4v) is 2.23. The third-order valence-corrected chi connectivity index (χ3v) is 3.80. The molecule has 0 aliphatic heterocycles. The lowest BCUT2D eigenvalue weighted by atomic mass is 9.91. The van der Waals surface area contributed by atoms with Crippen LogP contribution < -0.4 is 0 Å². The van der Waals surface area contributed by atoms with Gasteiger partial charge < -0.3 is 0 Å². The lowest BCUT2D eigenvalue weighted by molar-refractivity contribution is -0.129. The second kappa shape index (κ2) is 9.38. The van der Waals surface area contributed by atoms with Crippen LogP contribution in [0.2, 0.25) is 0 Å². The highest BCUT2D eigenvalue weighted by atomic mass is 16.1. The van der Waals surface area contributed by atoms with Crippen molar-refractivity contribution in [1.82, 2.24) is 0 Å². The first kappa shape index (κ1) is 16.3. The Morgan fingerprint density at radius 2 is 1.41 bits per heavy atom. The summed E-state index contributed by atoms with van der Waals surface area (Å²) in [5.41, 5.74) is 0. The topological polar surface area (TPSA) is 34.1 Å². The van der Waals surface area contributed by atoms with E-state index in [4.69, 9.17) is 0 Å². The molecule has 0 N–H and O–H groups in total. The first-order chi connectivity index (χ1) is 8.08. The lowest BCUT2D eigenvalue weighted by Gasteiger charge is -2.12. The normalized spacial score (nSPS) is 11.2. The van der Waals surface area contributed by atoms with Crippen LogP contribution in [0.5, 0.6) is 0 Å². The second-order valence-corrected chi connectivity index (χ2v) is 4.92. The van der Waals surface area contributed by atoms with Gasteiger partial charge in [-0.1, -0.05) is 40.5 Å². The van der Waals surface area contributed by atoms with Crippen LogP contribution in [0.1, 0.15) is 72.6 Å². The van der Waals surface area contributed by atoms with Gasteiger partial charge in [-0.3, -0.25) is 9.59 Å². The van der Waals surface area contributed by atoms with Crippen molar-refractivity contribution < 1.29 is 9.59 Å². The molecule has 0 bridgehead atoms. The minimum Gasteiger partial charge on any atom is -0.299 e. The van der Waals surface area contributed by atoms with Crippen molar-refractivity contribution in [3.05, 3.63) is 0 Å². The molecule has 2 heteroatoms. The minimum absolute atomic E-state index is 0.0899. The molecule has 0 fully saturated rings. The summed E-state index contributed by atoms with van der Waals surface area (Å²) in [4.78, 5) is 23.5. The molecular weight excluding hydrogens is 212 g/mol. The van der Waals surface area contributed by atoms with Crippen LogP contribution in [0, 0.1) is 11.8 Å². The molecule has 0 saturated carbocycles. The molecule has 17 heavy (non-hydrogen) atoms. The maximum atomic E-state index is 11.8. The number of hydrogen-bond acceptors (Lipinski definition) is 2. The van der Waals surface area contributed by atoms with Gasteiger partial charge in [0.2, 0.25) is 0 Å². The molecule has 0 amide bonds. The Morgan fingerprint density at radius 3 is 1.82 bits per heavy atom. The lowest BCUT2D eigenvalue weighted by Crippen LogP contribution is -2.17. The Bertz CT molecular complexity index is 225. The number of Topliss-reactive ketones (excluding diaryl/α,β-unsaturated/α-hetero) is 2. The van der Waals surface area contributed by atoms with E-state index < -0.39 is 0 Å². The van der Waals surface area contributed by atoms with Crippen molar-refractivity contribution in [2.24, 2.45) is 11.8 Å². The van der Waals surface area contributed by atoms with Crippen molar-refractivity contribution in [3.63, 3.8) is 0 Å². The molecular formula is C15H28O2. The Balaban J connectivity index is 3.97. The molecule has 0 spiro atoms. The van der Waals surface area contributed by atoms with E-state index in [0.29, 0.717) is 12.3 Å². The first-order valence-electron chi connectivity index (χ1n) is 7.13. The number of rotatable bonds is 10. The molecule has 0 saturated heterocycles. The molecule has 100 valence electrons. The van der Waals surface area contributed by atoms with Gasteiger partial charge in [0.15, 0.2) is 0 Å². The number of carbonyl (C=O) groups excluding carboxylic acids is 2. The summed E-state index contributed by atoms with van der Waals surface area (Å²) in [7, 11) is 0. The van der Waals surface area contributed by atoms with Gasteiger partial charge in [-0.2, -0.15) is 0 Å². The van der Waals surface area contributed by atoms with E-state index in [0.717, 1.165) is 32.1 Å². The van der Waals surface area contributed by atoms with E-state index in [2.05, 4.69) is 13.8 Å². The zero-order valence-electron chi connectivity index (χ0n) is 11.9. The smallest absolute Gasteiger partial charge is 0.143 e. The highest BCUT2D eigenvalue weighted by molar-refractivity contribution is 6.00. The fourth-order valence-electron chi connectivity index (χ4n) is 2.23. The van der Waals surface area contributed by atoms with Gasteiger partial charge in [0.1, 0.15) is 11.6 Å². The van der Waals surface area contributed by atoms with E-state index in [1.54, 1.807) is 0 Å². The summed E-state index contributed by atoms with van der Waals surface area (Å²) >= 11 is 0. The van der Waals surface area contributed by atoms with E-state index in [1.807, 2.05) is 13.8 Å². The molecule has 0 rings (SSSR count). The SMILES string of the molecule is CCC(CC)CCC(=O)CC(=O)C(CC)CC. The average molecular weight is 240 g/mol. The Labute approximate surface area is 106 Å². The molecule has 0 unspecified atom stereocenters. The van der Waals surface area contributed by atoms with Gasteiger partial charge in [0.05, 0.1) is 6.42 Å². The maximum absolute atomic E-state index is 11.8. The van der Waals surface area contributed by atoms with Crippen molar-refractivity contribution in [2.75, 3.05) is 0 Å². The Kier molecular flexibility index (Phi) is 9.01. The fraction of sp³-hybridized carbons (Fsp3) is 0.867. The van der Waals surface area contributed by atoms with E-state index >= 15 is 0 Å². The standard InChI is InChI=1S/C15H28O2/c1-5-12(6-2)9-10-14(16)11-15(17)13(7-3)8-4/h12-13H,5-11H2,1-4H3. The largest absolute Gasteiger partial charge is 0.299 e. The van der Waals surface area contributed by atoms with Gasteiger partial charge in [0.25, 0.3) is 0 Å². The number of ketones is 2. The molecule has 0 aliphatic rings. The van der Waals surface area contributed by atoms with Crippen LogP contribution in [0.25, 0.3) is 0 Å². The van der Waals surface area contributed by atoms with Crippen molar-refractivity contribution in [1.29, 1.82) is 0 Å². The van der Waals surface area contributed by atoms with Crippen LogP contribution in [0.4, 0.5) is 0 Å². The van der Waals surface area contributed by atoms with Gasteiger partial charge in [-0.05, 0) is 25.2 Å². The van der Waals surface area contributed by atoms with Crippen LogP contribution in [-0.4, -0.2) is 11.6 Å². The first-order valence-corrected chi connectivity index (χ1v) is 7.13. The van der Waals surface area contributed by atoms with Crippen LogP contribution >= 0.6 is 0 Å².